The summed E-state index contributed by atoms with van der Waals surface area (Å²) in [4.78, 5) is 21.8. The largest absolute Gasteiger partial charge is 0.466 e. The molecule has 0 N–H and O–H groups in total. The zero-order chi connectivity index (χ0) is 24.8. The summed E-state index contributed by atoms with van der Waals surface area (Å²) in [5.74, 6) is -0.101. The van der Waals surface area contributed by atoms with E-state index in [0.29, 0.717) is 13.0 Å². The van der Waals surface area contributed by atoms with Gasteiger partial charge in [-0.1, -0.05) is 72.5 Å². The normalized spacial score (nSPS) is 11.2. The summed E-state index contributed by atoms with van der Waals surface area (Å²) in [6, 6.07) is 16.9. The van der Waals surface area contributed by atoms with Crippen molar-refractivity contribution in [1.82, 2.24) is 14.5 Å². The molecule has 0 amide bonds. The second kappa shape index (κ2) is 11.6. The maximum atomic E-state index is 11.5. The van der Waals surface area contributed by atoms with E-state index in [-0.39, 0.29) is 5.97 Å². The van der Waals surface area contributed by atoms with Gasteiger partial charge in [0, 0.05) is 30.3 Å². The second-order valence-corrected chi connectivity index (χ2v) is 9.82. The number of hydrogen-bond donors (Lipinski definition) is 0. The van der Waals surface area contributed by atoms with Gasteiger partial charge < -0.3 is 9.30 Å². The van der Waals surface area contributed by atoms with Crippen LogP contribution in [-0.4, -0.2) is 27.1 Å². The predicted octanol–water partition coefficient (Wildman–Crippen LogP) is 7.66. The fourth-order valence-corrected chi connectivity index (χ4v) is 4.69. The molecule has 0 atom stereocenters. The fraction of sp³-hybridized carbons (Fsp3) is 0.345. The maximum Gasteiger partial charge on any atom is 0.305 e. The maximum absolute atomic E-state index is 11.5. The Morgan fingerprint density at radius 1 is 0.857 bits per heavy atom. The van der Waals surface area contributed by atoms with Crippen LogP contribution in [0.3, 0.4) is 0 Å². The quantitative estimate of drug-likeness (QED) is 0.155. The number of rotatable bonds is 10. The van der Waals surface area contributed by atoms with Crippen molar-refractivity contribution < 1.29 is 9.53 Å². The first-order chi connectivity index (χ1) is 17.0. The van der Waals surface area contributed by atoms with Crippen molar-refractivity contribution in [3.8, 4) is 22.5 Å². The van der Waals surface area contributed by atoms with Gasteiger partial charge in [0.2, 0.25) is 0 Å². The van der Waals surface area contributed by atoms with Crippen LogP contribution in [0.2, 0.25) is 0 Å². The van der Waals surface area contributed by atoms with Gasteiger partial charge in [-0.2, -0.15) is 0 Å². The number of esters is 1. The lowest BCUT2D eigenvalue weighted by Crippen LogP contribution is -2.03. The number of hydrogen-bond acceptors (Lipinski definition) is 4. The van der Waals surface area contributed by atoms with Crippen molar-refractivity contribution in [3.63, 3.8) is 0 Å². The third-order valence-corrected chi connectivity index (χ3v) is 6.71. The first-order valence-corrected chi connectivity index (χ1v) is 13.1. The van der Waals surface area contributed by atoms with Crippen LogP contribution in [0.25, 0.3) is 33.7 Å². The van der Waals surface area contributed by atoms with Gasteiger partial charge in [0.1, 0.15) is 5.52 Å². The SMILES string of the molecule is CCOC(=O)CCCCCCn1cc(Br)c2nc(-c3ccc(C)cc3)c(-c3ccc(C)cc3)nc21. The molecule has 182 valence electrons. The van der Waals surface area contributed by atoms with Crippen molar-refractivity contribution in [3.05, 3.63) is 70.3 Å². The second-order valence-electron chi connectivity index (χ2n) is 8.96. The lowest BCUT2D eigenvalue weighted by atomic mass is 10.0. The molecule has 2 aromatic carbocycles. The highest BCUT2D eigenvalue weighted by Crippen LogP contribution is 2.34. The van der Waals surface area contributed by atoms with Crippen LogP contribution < -0.4 is 0 Å². The lowest BCUT2D eigenvalue weighted by Gasteiger charge is -2.12. The standard InChI is InChI=1S/C29H32BrN3O2/c1-4-35-25(34)9-7-5-6-8-18-33-19-24(30)28-29(33)32-27(23-16-12-21(3)13-17-23)26(31-28)22-14-10-20(2)11-15-22/h10-17,19H,4-9,18H2,1-3H3. The molecule has 2 heterocycles. The van der Waals surface area contributed by atoms with Gasteiger partial charge in [0.25, 0.3) is 0 Å². The number of carbonyl (C=O) groups is 1. The molecule has 35 heavy (non-hydrogen) atoms. The van der Waals surface area contributed by atoms with Crippen LogP contribution in [0.15, 0.2) is 59.2 Å². The van der Waals surface area contributed by atoms with Gasteiger partial charge in [-0.15, -0.1) is 0 Å². The molecule has 4 rings (SSSR count). The summed E-state index contributed by atoms with van der Waals surface area (Å²) in [7, 11) is 0. The number of aryl methyl sites for hydroxylation is 3. The smallest absolute Gasteiger partial charge is 0.305 e. The summed E-state index contributed by atoms with van der Waals surface area (Å²) in [6.07, 6.45) is 6.53. The van der Waals surface area contributed by atoms with Crippen molar-refractivity contribution in [2.24, 2.45) is 0 Å². The number of ether oxygens (including phenoxy) is 1. The third-order valence-electron chi connectivity index (χ3n) is 6.13. The molecule has 0 aliphatic carbocycles. The molecule has 0 aliphatic rings. The van der Waals surface area contributed by atoms with E-state index in [1.54, 1.807) is 0 Å². The third kappa shape index (κ3) is 6.17. The molecule has 0 saturated carbocycles. The number of halogens is 1. The first-order valence-electron chi connectivity index (χ1n) is 12.3. The highest BCUT2D eigenvalue weighted by Gasteiger charge is 2.18. The molecule has 0 bridgehead atoms. The summed E-state index contributed by atoms with van der Waals surface area (Å²) in [5.41, 5.74) is 8.09. The first kappa shape index (κ1) is 25.1. The summed E-state index contributed by atoms with van der Waals surface area (Å²) < 4.78 is 8.15. The Hall–Kier alpha value is -2.99. The molecular formula is C29H32BrN3O2. The highest BCUT2D eigenvalue weighted by atomic mass is 79.9. The number of unbranched alkanes of at least 4 members (excludes halogenated alkanes) is 3. The predicted molar refractivity (Wildman–Crippen MR) is 145 cm³/mol. The van der Waals surface area contributed by atoms with E-state index in [0.717, 1.165) is 70.4 Å². The van der Waals surface area contributed by atoms with Crippen LogP contribution in [0.4, 0.5) is 0 Å². The molecule has 2 aromatic heterocycles. The van der Waals surface area contributed by atoms with Crippen LogP contribution in [0.5, 0.6) is 0 Å². The average Bonchev–Trinajstić information content (AvgIpc) is 3.16. The Balaban J connectivity index is 1.60. The van der Waals surface area contributed by atoms with E-state index in [1.807, 2.05) is 6.92 Å². The van der Waals surface area contributed by atoms with E-state index >= 15 is 0 Å². The zero-order valence-electron chi connectivity index (χ0n) is 20.7. The van der Waals surface area contributed by atoms with Crippen LogP contribution in [0, 0.1) is 13.8 Å². The number of nitrogens with zero attached hydrogens (tertiary/aromatic N) is 3. The topological polar surface area (TPSA) is 57.0 Å². The van der Waals surface area contributed by atoms with E-state index < -0.39 is 0 Å². The van der Waals surface area contributed by atoms with Gasteiger partial charge in [0.15, 0.2) is 5.65 Å². The molecule has 0 spiro atoms. The highest BCUT2D eigenvalue weighted by molar-refractivity contribution is 9.10. The van der Waals surface area contributed by atoms with E-state index in [9.17, 15) is 4.79 Å². The molecule has 0 radical (unpaired) electrons. The minimum absolute atomic E-state index is 0.101. The Kier molecular flexibility index (Phi) is 8.34. The van der Waals surface area contributed by atoms with Crippen molar-refractivity contribution in [2.45, 2.75) is 59.4 Å². The minimum Gasteiger partial charge on any atom is -0.466 e. The average molecular weight is 534 g/mol. The molecule has 0 unspecified atom stereocenters. The Morgan fingerprint density at radius 3 is 2.03 bits per heavy atom. The van der Waals surface area contributed by atoms with Crippen LogP contribution >= 0.6 is 15.9 Å². The minimum atomic E-state index is -0.101. The fourth-order valence-electron chi connectivity index (χ4n) is 4.18. The van der Waals surface area contributed by atoms with Crippen LogP contribution in [0.1, 0.15) is 50.2 Å². The molecule has 4 aromatic rings. The molecule has 5 nitrogen and oxygen atoms in total. The molecule has 0 saturated heterocycles. The van der Waals surface area contributed by atoms with Gasteiger partial charge in [-0.3, -0.25) is 4.79 Å². The van der Waals surface area contributed by atoms with Crippen molar-refractivity contribution in [2.75, 3.05) is 6.61 Å². The summed E-state index contributed by atoms with van der Waals surface area (Å²) >= 11 is 3.72. The van der Waals surface area contributed by atoms with Gasteiger partial charge in [-0.05, 0) is 49.5 Å². The van der Waals surface area contributed by atoms with E-state index in [4.69, 9.17) is 14.7 Å². The zero-order valence-corrected chi connectivity index (χ0v) is 22.3. The molecule has 6 heteroatoms. The van der Waals surface area contributed by atoms with Gasteiger partial charge >= 0.3 is 5.97 Å². The molecular weight excluding hydrogens is 502 g/mol. The van der Waals surface area contributed by atoms with Gasteiger partial charge in [0.05, 0.1) is 22.5 Å². The summed E-state index contributed by atoms with van der Waals surface area (Å²) in [6.45, 7) is 7.33. The lowest BCUT2D eigenvalue weighted by molar-refractivity contribution is -0.143. The van der Waals surface area contributed by atoms with Crippen molar-refractivity contribution >= 4 is 33.1 Å². The van der Waals surface area contributed by atoms with E-state index in [2.05, 4.69) is 89.1 Å². The van der Waals surface area contributed by atoms with E-state index in [1.165, 1.54) is 11.1 Å². The monoisotopic (exact) mass is 533 g/mol. The van der Waals surface area contributed by atoms with Crippen molar-refractivity contribution in [1.29, 1.82) is 0 Å². The molecule has 0 aliphatic heterocycles. The number of benzene rings is 2. The number of aromatic nitrogens is 3. The van der Waals surface area contributed by atoms with Gasteiger partial charge in [-0.25, -0.2) is 9.97 Å². The summed E-state index contributed by atoms with van der Waals surface area (Å²) in [5, 5.41) is 0. The Morgan fingerprint density at radius 2 is 1.43 bits per heavy atom. The Bertz CT molecular complexity index is 1290. The Labute approximate surface area is 215 Å². The van der Waals surface area contributed by atoms with Crippen LogP contribution in [-0.2, 0) is 16.1 Å². The molecule has 0 fully saturated rings. The number of fused-ring (bicyclic) bond motifs is 1. The number of carbonyl (C=O) groups excluding carboxylic acids is 1.